The molecular formula is C20H20N4O2. The average molecular weight is 348 g/mol. The maximum atomic E-state index is 12.5. The highest BCUT2D eigenvalue weighted by Crippen LogP contribution is 2.22. The molecule has 26 heavy (non-hydrogen) atoms. The van der Waals surface area contributed by atoms with E-state index in [1.54, 1.807) is 13.1 Å². The monoisotopic (exact) mass is 348 g/mol. The Bertz CT molecular complexity index is 951. The number of benzene rings is 1. The van der Waals surface area contributed by atoms with E-state index in [9.17, 15) is 9.59 Å². The molecule has 6 nitrogen and oxygen atoms in total. The van der Waals surface area contributed by atoms with Crippen molar-refractivity contribution in [3.8, 4) is 0 Å². The van der Waals surface area contributed by atoms with Crippen LogP contribution < -0.4 is 16.2 Å². The zero-order chi connectivity index (χ0) is 18.4. The van der Waals surface area contributed by atoms with Crippen molar-refractivity contribution in [2.75, 3.05) is 17.2 Å². The molecule has 132 valence electrons. The maximum Gasteiger partial charge on any atom is 0.257 e. The van der Waals surface area contributed by atoms with Gasteiger partial charge in [0.15, 0.2) is 0 Å². The summed E-state index contributed by atoms with van der Waals surface area (Å²) < 4.78 is 0. The Hall–Kier alpha value is -3.41. The molecule has 3 aromatic rings. The minimum atomic E-state index is -0.266. The number of anilines is 2. The minimum Gasteiger partial charge on any atom is -0.383 e. The summed E-state index contributed by atoms with van der Waals surface area (Å²) in [6.45, 7) is 2.40. The van der Waals surface area contributed by atoms with Crippen molar-refractivity contribution >= 4 is 17.3 Å². The van der Waals surface area contributed by atoms with Crippen molar-refractivity contribution in [2.24, 2.45) is 0 Å². The predicted octanol–water partition coefficient (Wildman–Crippen LogP) is 2.99. The molecule has 0 aliphatic carbocycles. The number of H-pyrrole nitrogens is 1. The van der Waals surface area contributed by atoms with Gasteiger partial charge in [-0.25, -0.2) is 0 Å². The second-order valence-electron chi connectivity index (χ2n) is 5.86. The van der Waals surface area contributed by atoms with Crippen LogP contribution in [0.2, 0.25) is 0 Å². The molecule has 3 N–H and O–H groups in total. The summed E-state index contributed by atoms with van der Waals surface area (Å²) in [5.41, 5.74) is 3.27. The average Bonchev–Trinajstić information content (AvgIpc) is 2.64. The molecule has 0 saturated carbocycles. The number of rotatable bonds is 6. The number of hydrogen-bond donors (Lipinski definition) is 3. The fourth-order valence-corrected chi connectivity index (χ4v) is 2.63. The van der Waals surface area contributed by atoms with Gasteiger partial charge >= 0.3 is 0 Å². The van der Waals surface area contributed by atoms with Crippen LogP contribution in [0.3, 0.4) is 0 Å². The first-order valence-corrected chi connectivity index (χ1v) is 8.37. The molecule has 1 amide bonds. The summed E-state index contributed by atoms with van der Waals surface area (Å²) in [6.07, 6.45) is 2.55. The van der Waals surface area contributed by atoms with Crippen LogP contribution in [0.1, 0.15) is 21.7 Å². The quantitative estimate of drug-likeness (QED) is 0.639. The third-order valence-electron chi connectivity index (χ3n) is 3.96. The van der Waals surface area contributed by atoms with Crippen molar-refractivity contribution in [1.82, 2.24) is 9.97 Å². The van der Waals surface area contributed by atoms with Gasteiger partial charge in [0.25, 0.3) is 5.91 Å². The summed E-state index contributed by atoms with van der Waals surface area (Å²) in [5.74, 6) is -0.266. The number of aromatic nitrogens is 2. The first kappa shape index (κ1) is 17.4. The van der Waals surface area contributed by atoms with E-state index in [-0.39, 0.29) is 11.5 Å². The fourth-order valence-electron chi connectivity index (χ4n) is 2.63. The van der Waals surface area contributed by atoms with Gasteiger partial charge in [-0.05, 0) is 37.3 Å². The Morgan fingerprint density at radius 1 is 1.04 bits per heavy atom. The summed E-state index contributed by atoms with van der Waals surface area (Å²) >= 11 is 0. The third kappa shape index (κ3) is 4.36. The standard InChI is InChI=1S/C20H20N4O2/c1-14-16(9-10-19(25)23-14)20(26)24-18-8-3-2-7-17(18)22-13-11-15-6-4-5-12-21-15/h2-10,12,22H,11,13H2,1H3,(H,23,25)(H,24,26). The number of pyridine rings is 2. The van der Waals surface area contributed by atoms with Gasteiger partial charge in [-0.3, -0.25) is 14.6 Å². The summed E-state index contributed by atoms with van der Waals surface area (Å²) in [7, 11) is 0. The molecule has 0 fully saturated rings. The first-order chi connectivity index (χ1) is 12.6. The molecule has 0 aliphatic rings. The van der Waals surface area contributed by atoms with Crippen LogP contribution >= 0.6 is 0 Å². The molecule has 0 aliphatic heterocycles. The molecule has 1 aromatic carbocycles. The molecule has 2 aromatic heterocycles. The number of para-hydroxylation sites is 2. The lowest BCUT2D eigenvalue weighted by Crippen LogP contribution is -2.18. The van der Waals surface area contributed by atoms with Gasteiger partial charge in [0.2, 0.25) is 5.56 Å². The van der Waals surface area contributed by atoms with Gasteiger partial charge in [0.1, 0.15) is 0 Å². The Morgan fingerprint density at radius 2 is 1.81 bits per heavy atom. The van der Waals surface area contributed by atoms with E-state index in [1.807, 2.05) is 42.5 Å². The van der Waals surface area contributed by atoms with Crippen LogP contribution in [0.25, 0.3) is 0 Å². The SMILES string of the molecule is Cc1[nH]c(=O)ccc1C(=O)Nc1ccccc1NCCc1ccccn1. The van der Waals surface area contributed by atoms with E-state index >= 15 is 0 Å². The highest BCUT2D eigenvalue weighted by molar-refractivity contribution is 6.06. The zero-order valence-corrected chi connectivity index (χ0v) is 14.5. The van der Waals surface area contributed by atoms with Crippen LogP contribution in [-0.4, -0.2) is 22.4 Å². The molecular weight excluding hydrogens is 328 g/mol. The van der Waals surface area contributed by atoms with Gasteiger partial charge in [-0.15, -0.1) is 0 Å². The Kier molecular flexibility index (Phi) is 5.43. The number of hydrogen-bond acceptors (Lipinski definition) is 4. The Labute approximate surface area is 151 Å². The predicted molar refractivity (Wildman–Crippen MR) is 103 cm³/mol. The fraction of sp³-hybridized carbons (Fsp3) is 0.150. The van der Waals surface area contributed by atoms with Crippen molar-refractivity contribution in [2.45, 2.75) is 13.3 Å². The van der Waals surface area contributed by atoms with E-state index in [2.05, 4.69) is 20.6 Å². The number of aryl methyl sites for hydroxylation is 1. The van der Waals surface area contributed by atoms with Gasteiger partial charge in [-0.2, -0.15) is 0 Å². The number of nitrogens with zero attached hydrogens (tertiary/aromatic N) is 1. The lowest BCUT2D eigenvalue weighted by molar-refractivity contribution is 0.102. The molecule has 0 radical (unpaired) electrons. The number of carbonyl (C=O) groups excluding carboxylic acids is 1. The third-order valence-corrected chi connectivity index (χ3v) is 3.96. The Balaban J connectivity index is 1.68. The lowest BCUT2D eigenvalue weighted by atomic mass is 10.1. The highest BCUT2D eigenvalue weighted by atomic mass is 16.1. The summed E-state index contributed by atoms with van der Waals surface area (Å²) in [6, 6.07) is 16.2. The lowest BCUT2D eigenvalue weighted by Gasteiger charge is -2.13. The summed E-state index contributed by atoms with van der Waals surface area (Å²) in [4.78, 5) is 30.8. The summed E-state index contributed by atoms with van der Waals surface area (Å²) in [5, 5.41) is 6.23. The van der Waals surface area contributed by atoms with E-state index in [1.165, 1.54) is 12.1 Å². The molecule has 0 bridgehead atoms. The first-order valence-electron chi connectivity index (χ1n) is 8.37. The van der Waals surface area contributed by atoms with E-state index in [4.69, 9.17) is 0 Å². The van der Waals surface area contributed by atoms with Gasteiger partial charge in [0.05, 0.1) is 16.9 Å². The van der Waals surface area contributed by atoms with E-state index < -0.39 is 0 Å². The van der Waals surface area contributed by atoms with Crippen molar-refractivity contribution < 1.29 is 4.79 Å². The topological polar surface area (TPSA) is 86.9 Å². The van der Waals surface area contributed by atoms with Gasteiger partial charge in [-0.1, -0.05) is 18.2 Å². The smallest absolute Gasteiger partial charge is 0.257 e. The molecule has 0 spiro atoms. The number of amides is 1. The molecule has 0 atom stereocenters. The minimum absolute atomic E-state index is 0.226. The zero-order valence-electron chi connectivity index (χ0n) is 14.5. The molecule has 6 heteroatoms. The second-order valence-corrected chi connectivity index (χ2v) is 5.86. The van der Waals surface area contributed by atoms with Gasteiger partial charge < -0.3 is 15.6 Å². The van der Waals surface area contributed by atoms with Crippen molar-refractivity contribution in [1.29, 1.82) is 0 Å². The Morgan fingerprint density at radius 3 is 2.54 bits per heavy atom. The molecule has 0 saturated heterocycles. The van der Waals surface area contributed by atoms with Crippen LogP contribution in [0.15, 0.2) is 65.6 Å². The van der Waals surface area contributed by atoms with Gasteiger partial charge in [0, 0.05) is 36.6 Å². The number of nitrogens with one attached hydrogen (secondary N) is 3. The normalized spacial score (nSPS) is 10.3. The molecule has 0 unspecified atom stereocenters. The number of aromatic amines is 1. The van der Waals surface area contributed by atoms with E-state index in [0.29, 0.717) is 23.5 Å². The van der Waals surface area contributed by atoms with Crippen molar-refractivity contribution in [3.63, 3.8) is 0 Å². The largest absolute Gasteiger partial charge is 0.383 e. The molecule has 2 heterocycles. The van der Waals surface area contributed by atoms with Crippen molar-refractivity contribution in [3.05, 3.63) is 88.1 Å². The van der Waals surface area contributed by atoms with Crippen LogP contribution in [0.4, 0.5) is 11.4 Å². The van der Waals surface area contributed by atoms with Crippen LogP contribution in [-0.2, 0) is 6.42 Å². The van der Waals surface area contributed by atoms with Crippen LogP contribution in [0, 0.1) is 6.92 Å². The number of carbonyl (C=O) groups is 1. The maximum absolute atomic E-state index is 12.5. The second kappa shape index (κ2) is 8.11. The highest BCUT2D eigenvalue weighted by Gasteiger charge is 2.11. The van der Waals surface area contributed by atoms with E-state index in [0.717, 1.165) is 17.8 Å². The van der Waals surface area contributed by atoms with Crippen LogP contribution in [0.5, 0.6) is 0 Å². The molecule has 3 rings (SSSR count).